The van der Waals surface area contributed by atoms with E-state index < -0.39 is 29.7 Å². The molecule has 1 N–H and O–H groups in total. The molecular formula is C21H22F3NO4. The molecule has 0 saturated carbocycles. The van der Waals surface area contributed by atoms with Crippen molar-refractivity contribution in [1.29, 1.82) is 0 Å². The number of amides is 1. The molecule has 0 bridgehead atoms. The highest BCUT2D eigenvalue weighted by Gasteiger charge is 2.30. The standard InChI is InChI=1S/C21H22F3NO4/c1-3-4-12-28-20(27)14(2)29-18-10-8-15(9-11-18)19(26)25-17-7-5-6-16(13-17)21(22,23)24/h5-11,13-14H,3-4,12H2,1-2H3,(H,25,26)/t14-/m1/s1. The molecule has 0 unspecified atom stereocenters. The Balaban J connectivity index is 1.96. The maximum Gasteiger partial charge on any atom is 0.416 e. The van der Waals surface area contributed by atoms with Crippen molar-refractivity contribution in [3.63, 3.8) is 0 Å². The van der Waals surface area contributed by atoms with E-state index in [4.69, 9.17) is 9.47 Å². The Morgan fingerprint density at radius 3 is 2.41 bits per heavy atom. The van der Waals surface area contributed by atoms with Crippen LogP contribution in [0.15, 0.2) is 48.5 Å². The van der Waals surface area contributed by atoms with Crippen LogP contribution in [0.3, 0.4) is 0 Å². The topological polar surface area (TPSA) is 64.6 Å². The number of carbonyl (C=O) groups is 2. The van der Waals surface area contributed by atoms with Gasteiger partial charge >= 0.3 is 12.1 Å². The minimum absolute atomic E-state index is 0.0357. The monoisotopic (exact) mass is 409 g/mol. The molecule has 0 aliphatic heterocycles. The van der Waals surface area contributed by atoms with Crippen LogP contribution in [0.4, 0.5) is 18.9 Å². The van der Waals surface area contributed by atoms with E-state index in [0.717, 1.165) is 25.0 Å². The maximum atomic E-state index is 12.8. The number of esters is 1. The molecule has 0 saturated heterocycles. The number of anilines is 1. The van der Waals surface area contributed by atoms with E-state index in [1.807, 2.05) is 6.92 Å². The van der Waals surface area contributed by atoms with Gasteiger partial charge in [0.2, 0.25) is 0 Å². The van der Waals surface area contributed by atoms with Gasteiger partial charge in [-0.05, 0) is 55.8 Å². The number of ether oxygens (including phenoxy) is 2. The van der Waals surface area contributed by atoms with E-state index in [9.17, 15) is 22.8 Å². The highest BCUT2D eigenvalue weighted by Crippen LogP contribution is 2.30. The van der Waals surface area contributed by atoms with Crippen molar-refractivity contribution < 1.29 is 32.2 Å². The summed E-state index contributed by atoms with van der Waals surface area (Å²) in [6.45, 7) is 3.87. The molecule has 0 heterocycles. The lowest BCUT2D eigenvalue weighted by Gasteiger charge is -2.14. The minimum Gasteiger partial charge on any atom is -0.479 e. The molecule has 0 radical (unpaired) electrons. The highest BCUT2D eigenvalue weighted by atomic mass is 19.4. The van der Waals surface area contributed by atoms with Crippen LogP contribution in [0.25, 0.3) is 0 Å². The van der Waals surface area contributed by atoms with Gasteiger partial charge in [-0.2, -0.15) is 13.2 Å². The molecule has 2 rings (SSSR count). The number of nitrogens with one attached hydrogen (secondary N) is 1. The zero-order chi connectivity index (χ0) is 21.4. The molecule has 156 valence electrons. The third kappa shape index (κ3) is 6.81. The van der Waals surface area contributed by atoms with Crippen LogP contribution in [0.2, 0.25) is 0 Å². The Bertz CT molecular complexity index is 835. The third-order valence-corrected chi connectivity index (χ3v) is 3.95. The predicted octanol–water partition coefficient (Wildman–Crippen LogP) is 5.07. The van der Waals surface area contributed by atoms with E-state index >= 15 is 0 Å². The average molecular weight is 409 g/mol. The zero-order valence-electron chi connectivity index (χ0n) is 16.1. The fourth-order valence-corrected chi connectivity index (χ4v) is 2.35. The molecule has 0 aliphatic rings. The first-order valence-electron chi connectivity index (χ1n) is 9.12. The fourth-order valence-electron chi connectivity index (χ4n) is 2.35. The molecule has 5 nitrogen and oxygen atoms in total. The van der Waals surface area contributed by atoms with Gasteiger partial charge in [-0.3, -0.25) is 4.79 Å². The molecule has 2 aromatic carbocycles. The Kier molecular flexibility index (Phi) is 7.64. The number of carbonyl (C=O) groups excluding carboxylic acids is 2. The van der Waals surface area contributed by atoms with Crippen molar-refractivity contribution in [2.45, 2.75) is 39.0 Å². The quantitative estimate of drug-likeness (QED) is 0.489. The molecule has 0 spiro atoms. The van der Waals surface area contributed by atoms with Crippen molar-refractivity contribution >= 4 is 17.6 Å². The molecule has 29 heavy (non-hydrogen) atoms. The summed E-state index contributed by atoms with van der Waals surface area (Å²) < 4.78 is 48.8. The van der Waals surface area contributed by atoms with Crippen molar-refractivity contribution in [2.75, 3.05) is 11.9 Å². The lowest BCUT2D eigenvalue weighted by atomic mass is 10.1. The molecule has 0 fully saturated rings. The van der Waals surface area contributed by atoms with Gasteiger partial charge in [0.1, 0.15) is 5.75 Å². The number of rotatable bonds is 8. The first kappa shape index (κ1) is 22.3. The molecule has 0 aromatic heterocycles. The SMILES string of the molecule is CCCCOC(=O)[C@@H](C)Oc1ccc(C(=O)Nc2cccc(C(F)(F)F)c2)cc1. The van der Waals surface area contributed by atoms with Gasteiger partial charge in [-0.25, -0.2) is 4.79 Å². The fraction of sp³-hybridized carbons (Fsp3) is 0.333. The van der Waals surface area contributed by atoms with Gasteiger partial charge in [0.05, 0.1) is 12.2 Å². The maximum absolute atomic E-state index is 12.8. The lowest BCUT2D eigenvalue weighted by molar-refractivity contribution is -0.151. The van der Waals surface area contributed by atoms with Crippen molar-refractivity contribution in [2.24, 2.45) is 0 Å². The second kappa shape index (κ2) is 9.95. The van der Waals surface area contributed by atoms with Crippen molar-refractivity contribution in [3.8, 4) is 5.75 Å². The summed E-state index contributed by atoms with van der Waals surface area (Å²) in [6, 6.07) is 10.3. The summed E-state index contributed by atoms with van der Waals surface area (Å²) >= 11 is 0. The summed E-state index contributed by atoms with van der Waals surface area (Å²) in [4.78, 5) is 24.1. The molecule has 2 aromatic rings. The second-order valence-electron chi connectivity index (χ2n) is 6.34. The molecule has 0 aliphatic carbocycles. The molecule has 1 amide bonds. The van der Waals surface area contributed by atoms with Gasteiger partial charge in [0.15, 0.2) is 6.10 Å². The van der Waals surface area contributed by atoms with E-state index in [0.29, 0.717) is 12.4 Å². The highest BCUT2D eigenvalue weighted by molar-refractivity contribution is 6.04. The third-order valence-electron chi connectivity index (χ3n) is 3.95. The Hall–Kier alpha value is -3.03. The van der Waals surface area contributed by atoms with Crippen LogP contribution in [-0.2, 0) is 15.7 Å². The largest absolute Gasteiger partial charge is 0.479 e. The van der Waals surface area contributed by atoms with Gasteiger partial charge in [-0.15, -0.1) is 0 Å². The van der Waals surface area contributed by atoms with Crippen molar-refractivity contribution in [3.05, 3.63) is 59.7 Å². The van der Waals surface area contributed by atoms with Gasteiger partial charge in [-0.1, -0.05) is 19.4 Å². The van der Waals surface area contributed by atoms with E-state index in [2.05, 4.69) is 5.32 Å². The predicted molar refractivity (Wildman–Crippen MR) is 102 cm³/mol. The smallest absolute Gasteiger partial charge is 0.416 e. The minimum atomic E-state index is -4.49. The van der Waals surface area contributed by atoms with Gasteiger partial charge < -0.3 is 14.8 Å². The number of benzene rings is 2. The second-order valence-corrected chi connectivity index (χ2v) is 6.34. The zero-order valence-corrected chi connectivity index (χ0v) is 16.1. The van der Waals surface area contributed by atoms with E-state index in [-0.39, 0.29) is 11.3 Å². The number of alkyl halides is 3. The van der Waals surface area contributed by atoms with Crippen LogP contribution >= 0.6 is 0 Å². The Morgan fingerprint density at radius 2 is 1.79 bits per heavy atom. The normalized spacial score (nSPS) is 12.2. The first-order valence-corrected chi connectivity index (χ1v) is 9.12. The van der Waals surface area contributed by atoms with Gasteiger partial charge in [0, 0.05) is 11.3 Å². The van der Waals surface area contributed by atoms with Crippen LogP contribution in [0.5, 0.6) is 5.75 Å². The number of hydrogen-bond donors (Lipinski definition) is 1. The van der Waals surface area contributed by atoms with Crippen molar-refractivity contribution in [1.82, 2.24) is 0 Å². The molecule has 8 heteroatoms. The van der Waals surface area contributed by atoms with E-state index in [1.165, 1.54) is 36.4 Å². The van der Waals surface area contributed by atoms with Crippen LogP contribution < -0.4 is 10.1 Å². The first-order chi connectivity index (χ1) is 13.7. The van der Waals surface area contributed by atoms with Gasteiger partial charge in [0.25, 0.3) is 5.91 Å². The van der Waals surface area contributed by atoms with Crippen LogP contribution in [0, 0.1) is 0 Å². The van der Waals surface area contributed by atoms with Crippen LogP contribution in [0.1, 0.15) is 42.6 Å². The summed E-state index contributed by atoms with van der Waals surface area (Å²) in [7, 11) is 0. The lowest BCUT2D eigenvalue weighted by Crippen LogP contribution is -2.26. The Morgan fingerprint density at radius 1 is 1.10 bits per heavy atom. The number of unbranched alkanes of at least 4 members (excludes halogenated alkanes) is 1. The molecular weight excluding hydrogens is 387 g/mol. The van der Waals surface area contributed by atoms with Crippen LogP contribution in [-0.4, -0.2) is 24.6 Å². The summed E-state index contributed by atoms with van der Waals surface area (Å²) in [5, 5.41) is 2.42. The average Bonchev–Trinajstić information content (AvgIpc) is 2.68. The van der Waals surface area contributed by atoms with E-state index in [1.54, 1.807) is 6.92 Å². The Labute approximate surface area is 166 Å². The molecule has 1 atom stereocenters. The number of halogens is 3. The summed E-state index contributed by atoms with van der Waals surface area (Å²) in [6.07, 6.45) is -3.62. The summed E-state index contributed by atoms with van der Waals surface area (Å²) in [5.74, 6) is -0.687. The number of hydrogen-bond acceptors (Lipinski definition) is 4. The summed E-state index contributed by atoms with van der Waals surface area (Å²) in [5.41, 5.74) is -0.583.